The molecule has 0 saturated heterocycles. The maximum atomic E-state index is 12.1. The molecule has 8 heteroatoms. The van der Waals surface area contributed by atoms with Crippen molar-refractivity contribution < 1.29 is 23.8 Å². The molecule has 0 aliphatic heterocycles. The van der Waals surface area contributed by atoms with E-state index in [1.807, 2.05) is 12.1 Å². The number of fused-ring (bicyclic) bond motifs is 3. The summed E-state index contributed by atoms with van der Waals surface area (Å²) in [6, 6.07) is 11.1. The summed E-state index contributed by atoms with van der Waals surface area (Å²) in [4.78, 5) is 35.1. The average Bonchev–Trinajstić information content (AvgIpc) is 2.66. The molecule has 3 aromatic rings. The molecule has 0 bridgehead atoms. The first-order chi connectivity index (χ1) is 13.0. The highest BCUT2D eigenvalue weighted by atomic mass is 32.2. The molecule has 0 aliphatic carbocycles. The fraction of sp³-hybridized carbons (Fsp3) is 0.211. The fourth-order valence-corrected chi connectivity index (χ4v) is 3.24. The van der Waals surface area contributed by atoms with Crippen LogP contribution in [0.1, 0.15) is 0 Å². The maximum absolute atomic E-state index is 12.1. The molecule has 0 radical (unpaired) electrons. The van der Waals surface area contributed by atoms with E-state index >= 15 is 0 Å². The average molecular weight is 387 g/mol. The molecule has 1 heterocycles. The minimum absolute atomic E-state index is 0.259. The van der Waals surface area contributed by atoms with E-state index in [2.05, 4.69) is 5.32 Å². The van der Waals surface area contributed by atoms with Crippen molar-refractivity contribution in [3.8, 4) is 5.75 Å². The molecule has 2 N–H and O–H groups in total. The quantitative estimate of drug-likeness (QED) is 0.473. The van der Waals surface area contributed by atoms with E-state index in [1.165, 1.54) is 17.8 Å². The number of benzene rings is 2. The highest BCUT2D eigenvalue weighted by Gasteiger charge is 2.19. The van der Waals surface area contributed by atoms with Gasteiger partial charge in [-0.05, 0) is 29.8 Å². The molecule has 7 nitrogen and oxygen atoms in total. The first-order valence-corrected chi connectivity index (χ1v) is 9.48. The third-order valence-electron chi connectivity index (χ3n) is 3.93. The van der Waals surface area contributed by atoms with Crippen molar-refractivity contribution in [2.24, 2.45) is 0 Å². The van der Waals surface area contributed by atoms with Crippen LogP contribution >= 0.6 is 11.8 Å². The molecule has 0 fully saturated rings. The number of carboxylic acids is 1. The molecule has 3 rings (SSSR count). The number of amides is 1. The van der Waals surface area contributed by atoms with Crippen molar-refractivity contribution in [2.75, 3.05) is 18.6 Å². The van der Waals surface area contributed by atoms with E-state index < -0.39 is 23.5 Å². The van der Waals surface area contributed by atoms with Crippen LogP contribution in [-0.4, -0.2) is 41.6 Å². The van der Waals surface area contributed by atoms with Crippen LogP contribution in [0.25, 0.3) is 21.7 Å². The van der Waals surface area contributed by atoms with Crippen LogP contribution in [0.4, 0.5) is 0 Å². The molecule has 1 aromatic heterocycles. The van der Waals surface area contributed by atoms with E-state index in [0.717, 1.165) is 10.8 Å². The highest BCUT2D eigenvalue weighted by Crippen LogP contribution is 2.26. The fourth-order valence-electron chi connectivity index (χ4n) is 2.68. The van der Waals surface area contributed by atoms with Crippen LogP contribution in [-0.2, 0) is 9.59 Å². The van der Waals surface area contributed by atoms with Crippen molar-refractivity contribution in [1.29, 1.82) is 0 Å². The number of ether oxygens (including phenoxy) is 1. The van der Waals surface area contributed by atoms with Crippen molar-refractivity contribution in [2.45, 2.75) is 6.04 Å². The number of thioether (sulfide) groups is 1. The van der Waals surface area contributed by atoms with Gasteiger partial charge in [0.2, 0.25) is 0 Å². The van der Waals surface area contributed by atoms with Gasteiger partial charge in [-0.15, -0.1) is 0 Å². The SMILES string of the molecule is CSCC(NC(=O)COc1ccc2c(c1)oc(=O)c1ccccc12)C(=O)O. The summed E-state index contributed by atoms with van der Waals surface area (Å²) in [5.41, 5.74) is -0.100. The first kappa shape index (κ1) is 18.8. The molecule has 0 spiro atoms. The number of hydrogen-bond donors (Lipinski definition) is 2. The monoisotopic (exact) mass is 387 g/mol. The van der Waals surface area contributed by atoms with E-state index in [-0.39, 0.29) is 12.4 Å². The van der Waals surface area contributed by atoms with Gasteiger partial charge in [0.15, 0.2) is 6.61 Å². The molecule has 1 unspecified atom stereocenters. The molecule has 0 aliphatic rings. The Hall–Kier alpha value is -3.00. The van der Waals surface area contributed by atoms with Gasteiger partial charge in [-0.1, -0.05) is 18.2 Å². The summed E-state index contributed by atoms with van der Waals surface area (Å²) >= 11 is 1.32. The van der Waals surface area contributed by atoms with Gasteiger partial charge in [0.25, 0.3) is 5.91 Å². The van der Waals surface area contributed by atoms with Gasteiger partial charge >= 0.3 is 11.6 Å². The number of carbonyl (C=O) groups excluding carboxylic acids is 1. The molecular formula is C19H17NO6S. The lowest BCUT2D eigenvalue weighted by molar-refractivity contribution is -0.141. The first-order valence-electron chi connectivity index (χ1n) is 8.09. The third-order valence-corrected chi connectivity index (χ3v) is 4.60. The van der Waals surface area contributed by atoms with E-state index in [1.54, 1.807) is 30.5 Å². The smallest absolute Gasteiger partial charge is 0.344 e. The minimum Gasteiger partial charge on any atom is -0.484 e. The Balaban J connectivity index is 1.76. The molecule has 140 valence electrons. The number of carbonyl (C=O) groups is 2. The number of aliphatic carboxylic acids is 1. The van der Waals surface area contributed by atoms with Crippen LogP contribution < -0.4 is 15.7 Å². The zero-order valence-electron chi connectivity index (χ0n) is 14.4. The van der Waals surface area contributed by atoms with Gasteiger partial charge < -0.3 is 19.6 Å². The van der Waals surface area contributed by atoms with Crippen molar-refractivity contribution in [3.05, 3.63) is 52.9 Å². The summed E-state index contributed by atoms with van der Waals surface area (Å²) in [5, 5.41) is 13.5. The summed E-state index contributed by atoms with van der Waals surface area (Å²) in [5.74, 6) is -1.05. The van der Waals surface area contributed by atoms with Gasteiger partial charge in [0.1, 0.15) is 17.4 Å². The van der Waals surface area contributed by atoms with Crippen molar-refractivity contribution in [1.82, 2.24) is 5.32 Å². The van der Waals surface area contributed by atoms with Gasteiger partial charge in [0, 0.05) is 17.2 Å². The predicted molar refractivity (Wildman–Crippen MR) is 103 cm³/mol. The van der Waals surface area contributed by atoms with Gasteiger partial charge in [-0.2, -0.15) is 11.8 Å². The number of hydrogen-bond acceptors (Lipinski definition) is 6. The zero-order chi connectivity index (χ0) is 19.4. The van der Waals surface area contributed by atoms with Gasteiger partial charge in [-0.25, -0.2) is 9.59 Å². The van der Waals surface area contributed by atoms with Crippen LogP contribution in [0.5, 0.6) is 5.75 Å². The number of carboxylic acid groups (broad SMARTS) is 1. The second-order valence-electron chi connectivity index (χ2n) is 5.80. The topological polar surface area (TPSA) is 106 Å². The minimum atomic E-state index is -1.10. The lowest BCUT2D eigenvalue weighted by Gasteiger charge is -2.13. The Labute approximate surface area is 158 Å². The van der Waals surface area contributed by atoms with Gasteiger partial charge in [-0.3, -0.25) is 4.79 Å². The van der Waals surface area contributed by atoms with E-state index in [4.69, 9.17) is 14.3 Å². The predicted octanol–water partition coefficient (Wildman–Crippen LogP) is 2.26. The Morgan fingerprint density at radius 3 is 2.63 bits per heavy atom. The van der Waals surface area contributed by atoms with E-state index in [0.29, 0.717) is 16.7 Å². The summed E-state index contributed by atoms with van der Waals surface area (Å²) < 4.78 is 10.7. The Kier molecular flexibility index (Phi) is 5.66. The van der Waals surface area contributed by atoms with E-state index in [9.17, 15) is 14.4 Å². The summed E-state index contributed by atoms with van der Waals surface area (Å²) in [6.45, 7) is -0.346. The normalized spacial score (nSPS) is 12.0. The number of nitrogens with one attached hydrogen (secondary N) is 1. The lowest BCUT2D eigenvalue weighted by Crippen LogP contribution is -2.44. The van der Waals surface area contributed by atoms with Crippen LogP contribution in [0.2, 0.25) is 0 Å². The van der Waals surface area contributed by atoms with Crippen LogP contribution in [0.3, 0.4) is 0 Å². The third kappa shape index (κ3) is 4.22. The Morgan fingerprint density at radius 2 is 1.93 bits per heavy atom. The Bertz CT molecular complexity index is 1060. The van der Waals surface area contributed by atoms with Crippen molar-refractivity contribution >= 4 is 45.4 Å². The van der Waals surface area contributed by atoms with Crippen molar-refractivity contribution in [3.63, 3.8) is 0 Å². The number of rotatable bonds is 7. The van der Waals surface area contributed by atoms with Crippen LogP contribution in [0, 0.1) is 0 Å². The molecule has 0 saturated carbocycles. The maximum Gasteiger partial charge on any atom is 0.344 e. The largest absolute Gasteiger partial charge is 0.484 e. The van der Waals surface area contributed by atoms with Gasteiger partial charge in [0.05, 0.1) is 5.39 Å². The standard InChI is InChI=1S/C19H17NO6S/c1-27-10-15(18(22)23)20-17(21)9-25-11-6-7-13-12-4-2-3-5-14(12)19(24)26-16(13)8-11/h2-8,15H,9-10H2,1H3,(H,20,21)(H,22,23). The molecule has 1 amide bonds. The molecule has 1 atom stereocenters. The second-order valence-corrected chi connectivity index (χ2v) is 6.71. The second kappa shape index (κ2) is 8.13. The Morgan fingerprint density at radius 1 is 1.19 bits per heavy atom. The summed E-state index contributed by atoms with van der Waals surface area (Å²) in [7, 11) is 0. The zero-order valence-corrected chi connectivity index (χ0v) is 15.2. The summed E-state index contributed by atoms with van der Waals surface area (Å²) in [6.07, 6.45) is 1.76. The lowest BCUT2D eigenvalue weighted by atomic mass is 10.1. The molecule has 27 heavy (non-hydrogen) atoms. The molecule has 2 aromatic carbocycles. The molecular weight excluding hydrogens is 370 g/mol. The van der Waals surface area contributed by atoms with Crippen LogP contribution in [0.15, 0.2) is 51.7 Å². The highest BCUT2D eigenvalue weighted by molar-refractivity contribution is 7.98.